The highest BCUT2D eigenvalue weighted by Gasteiger charge is 2.36. The van der Waals surface area contributed by atoms with Crippen LogP contribution < -0.4 is 70.8 Å². The summed E-state index contributed by atoms with van der Waals surface area (Å²) in [7, 11) is 0. The average molecular weight is 996 g/mol. The Labute approximate surface area is 414 Å². The molecular formula is C47H89N13O10. The number of nitrogens with two attached hydrogens (primary N) is 4. The third-order valence-electron chi connectivity index (χ3n) is 11.7. The van der Waals surface area contributed by atoms with E-state index in [1.54, 1.807) is 0 Å². The largest absolute Gasteiger partial charge is 0.391 e. The van der Waals surface area contributed by atoms with Gasteiger partial charge in [0.1, 0.15) is 48.3 Å². The van der Waals surface area contributed by atoms with Crippen LogP contribution in [0.4, 0.5) is 0 Å². The molecule has 0 aromatic carbocycles. The number of unbranched alkanes of at least 4 members (excludes halogenated alkanes) is 6. The fourth-order valence-corrected chi connectivity index (χ4v) is 7.85. The Hall–Kier alpha value is -4.97. The molecule has 1 rings (SSSR count). The third-order valence-corrected chi connectivity index (χ3v) is 11.7. The van der Waals surface area contributed by atoms with Gasteiger partial charge in [-0.3, -0.25) is 43.2 Å². The van der Waals surface area contributed by atoms with E-state index in [4.69, 9.17) is 22.9 Å². The maximum atomic E-state index is 14.2. The van der Waals surface area contributed by atoms with E-state index >= 15 is 0 Å². The van der Waals surface area contributed by atoms with Gasteiger partial charge < -0.3 is 75.9 Å². The molecule has 0 spiro atoms. The van der Waals surface area contributed by atoms with Gasteiger partial charge in [0.05, 0.1) is 6.10 Å². The van der Waals surface area contributed by atoms with Crippen LogP contribution in [0.5, 0.6) is 0 Å². The van der Waals surface area contributed by atoms with Crippen LogP contribution >= 0.6 is 0 Å². The molecule has 1 aliphatic heterocycles. The molecule has 402 valence electrons. The van der Waals surface area contributed by atoms with Crippen molar-refractivity contribution >= 4 is 53.2 Å². The molecule has 23 nitrogen and oxygen atoms in total. The number of amides is 9. The molecule has 23 heteroatoms. The van der Waals surface area contributed by atoms with E-state index in [0.717, 1.165) is 38.5 Å². The predicted molar refractivity (Wildman–Crippen MR) is 266 cm³/mol. The zero-order valence-corrected chi connectivity index (χ0v) is 42.6. The van der Waals surface area contributed by atoms with Crippen molar-refractivity contribution in [1.82, 2.24) is 47.9 Å². The highest BCUT2D eigenvalue weighted by Crippen LogP contribution is 2.13. The SMILES string of the molecule is CCCCCCCCCC(=O)N[C@H](CCN)C(=O)N[C@H]1CCCNC(=O)[C@H]([C@@H](C)O)NC(=O)[C@H](CCN)NC(=O)[C@H](CCN)NC(=O)[C@H](CC(C)C)NC(=O)[C@@H](CC(C)C)NC(=O)[C@H](CCN)NC1=O. The van der Waals surface area contributed by atoms with Crippen LogP contribution in [-0.4, -0.2) is 145 Å². The lowest BCUT2D eigenvalue weighted by Crippen LogP contribution is -2.61. The quantitative estimate of drug-likeness (QED) is 0.0456. The molecular weight excluding hydrogens is 907 g/mol. The van der Waals surface area contributed by atoms with E-state index in [9.17, 15) is 48.3 Å². The second kappa shape index (κ2) is 35.2. The van der Waals surface area contributed by atoms with Gasteiger partial charge in [0.25, 0.3) is 0 Å². The zero-order valence-electron chi connectivity index (χ0n) is 42.6. The summed E-state index contributed by atoms with van der Waals surface area (Å²) in [4.78, 5) is 124. The van der Waals surface area contributed by atoms with Gasteiger partial charge >= 0.3 is 0 Å². The molecule has 0 radical (unpaired) electrons. The molecule has 0 bridgehead atoms. The van der Waals surface area contributed by atoms with Crippen LogP contribution in [0, 0.1) is 11.8 Å². The summed E-state index contributed by atoms with van der Waals surface area (Å²) in [5.41, 5.74) is 23.4. The summed E-state index contributed by atoms with van der Waals surface area (Å²) in [6.45, 7) is 10.4. The number of rotatable bonds is 24. The van der Waals surface area contributed by atoms with Crippen molar-refractivity contribution in [3.05, 3.63) is 0 Å². The highest BCUT2D eigenvalue weighted by molar-refractivity contribution is 5.98. The minimum Gasteiger partial charge on any atom is -0.391 e. The number of hydrogen-bond donors (Lipinski definition) is 14. The molecule has 1 fully saturated rings. The molecule has 0 unspecified atom stereocenters. The van der Waals surface area contributed by atoms with E-state index in [-0.39, 0.29) is 108 Å². The minimum atomic E-state index is -1.52. The lowest BCUT2D eigenvalue weighted by atomic mass is 9.99. The fourth-order valence-electron chi connectivity index (χ4n) is 7.85. The van der Waals surface area contributed by atoms with Crippen LogP contribution in [-0.2, 0) is 43.2 Å². The molecule has 70 heavy (non-hydrogen) atoms. The van der Waals surface area contributed by atoms with Crippen molar-refractivity contribution in [1.29, 1.82) is 0 Å². The van der Waals surface area contributed by atoms with Crippen molar-refractivity contribution in [2.45, 2.75) is 199 Å². The summed E-state index contributed by atoms with van der Waals surface area (Å²) in [5.74, 6) is -6.86. The summed E-state index contributed by atoms with van der Waals surface area (Å²) in [6, 6.07) is -10.3. The monoisotopic (exact) mass is 996 g/mol. The average Bonchev–Trinajstić information content (AvgIpc) is 3.29. The molecule has 0 aromatic heterocycles. The van der Waals surface area contributed by atoms with Gasteiger partial charge in [0.15, 0.2) is 0 Å². The molecule has 1 aliphatic rings. The molecule has 9 amide bonds. The Morgan fingerprint density at radius 2 is 1.01 bits per heavy atom. The van der Waals surface area contributed by atoms with Crippen LogP contribution in [0.3, 0.4) is 0 Å². The van der Waals surface area contributed by atoms with Gasteiger partial charge in [-0.05, 0) is 103 Å². The maximum Gasteiger partial charge on any atom is 0.245 e. The topological polar surface area (TPSA) is 386 Å². The number of nitrogens with one attached hydrogen (secondary N) is 9. The Bertz CT molecular complexity index is 1650. The first-order valence-corrected chi connectivity index (χ1v) is 25.4. The molecule has 1 heterocycles. The van der Waals surface area contributed by atoms with E-state index in [0.29, 0.717) is 6.42 Å². The molecule has 1 saturated heterocycles. The smallest absolute Gasteiger partial charge is 0.245 e. The van der Waals surface area contributed by atoms with Gasteiger partial charge in [-0.25, -0.2) is 0 Å². The summed E-state index contributed by atoms with van der Waals surface area (Å²) >= 11 is 0. The van der Waals surface area contributed by atoms with Crippen LogP contribution in [0.15, 0.2) is 0 Å². The van der Waals surface area contributed by atoms with E-state index in [1.165, 1.54) is 6.92 Å². The Morgan fingerprint density at radius 3 is 1.46 bits per heavy atom. The van der Waals surface area contributed by atoms with Crippen LogP contribution in [0.2, 0.25) is 0 Å². The van der Waals surface area contributed by atoms with Crippen molar-refractivity contribution in [2.75, 3.05) is 32.7 Å². The van der Waals surface area contributed by atoms with Crippen molar-refractivity contribution < 1.29 is 48.3 Å². The van der Waals surface area contributed by atoms with E-state index in [2.05, 4.69) is 54.8 Å². The molecule has 18 N–H and O–H groups in total. The Balaban J connectivity index is 3.71. The lowest BCUT2D eigenvalue weighted by molar-refractivity contribution is -0.136. The van der Waals surface area contributed by atoms with Crippen LogP contribution in [0.25, 0.3) is 0 Å². The maximum absolute atomic E-state index is 14.2. The molecule has 0 saturated carbocycles. The van der Waals surface area contributed by atoms with Gasteiger partial charge in [0, 0.05) is 13.0 Å². The van der Waals surface area contributed by atoms with E-state index < -0.39 is 102 Å². The lowest BCUT2D eigenvalue weighted by Gasteiger charge is -2.29. The summed E-state index contributed by atoms with van der Waals surface area (Å²) in [6.07, 6.45) is 5.67. The molecule has 9 atom stereocenters. The second-order valence-corrected chi connectivity index (χ2v) is 19.1. The number of aliphatic hydroxyl groups is 1. The molecule has 0 aromatic rings. The number of carbonyl (C=O) groups excluding carboxylic acids is 9. The van der Waals surface area contributed by atoms with Crippen molar-refractivity contribution in [2.24, 2.45) is 34.8 Å². The van der Waals surface area contributed by atoms with Crippen molar-refractivity contribution in [3.63, 3.8) is 0 Å². The standard InChI is InChI=1S/C47H89N13O10/c1-7-8-9-10-11-12-13-16-38(62)53-32(17-21-48)41(64)54-31-15-14-25-52-47(70)39(30(6)61)60-44(67)35(20-24-51)56-42(65)33(18-22-49)57-45(68)36(26-28(2)3)59-46(69)37(27-29(4)5)58-43(66)34(19-23-50)55-40(31)63/h28-37,39,61H,7-27,48-51H2,1-6H3,(H,52,70)(H,53,62)(H,54,64)(H,55,63)(H,56,65)(H,57,68)(H,58,66)(H,59,69)(H,60,67)/t30-,31+,32-,33+,34+,35+,36+,37-,39+/m1/s1. The number of hydrogen-bond acceptors (Lipinski definition) is 14. The van der Waals surface area contributed by atoms with Gasteiger partial charge in [-0.2, -0.15) is 0 Å². The predicted octanol–water partition coefficient (Wildman–Crippen LogP) is -2.22. The van der Waals surface area contributed by atoms with Crippen LogP contribution in [0.1, 0.15) is 144 Å². The Morgan fingerprint density at radius 1 is 0.586 bits per heavy atom. The van der Waals surface area contributed by atoms with Gasteiger partial charge in [0.2, 0.25) is 53.2 Å². The zero-order chi connectivity index (χ0) is 52.8. The number of carbonyl (C=O) groups is 9. The normalized spacial score (nSPS) is 23.9. The van der Waals surface area contributed by atoms with E-state index in [1.807, 2.05) is 27.7 Å². The fraction of sp³-hybridized carbons (Fsp3) is 0.809. The molecule has 0 aliphatic carbocycles. The first-order valence-electron chi connectivity index (χ1n) is 25.4. The van der Waals surface area contributed by atoms with Gasteiger partial charge in [-0.1, -0.05) is 73.1 Å². The Kier molecular flexibility index (Phi) is 31.7. The van der Waals surface area contributed by atoms with Crippen molar-refractivity contribution in [3.8, 4) is 0 Å². The first kappa shape index (κ1) is 63.0. The second-order valence-electron chi connectivity index (χ2n) is 19.1. The third kappa shape index (κ3) is 24.7. The summed E-state index contributed by atoms with van der Waals surface area (Å²) < 4.78 is 0. The minimum absolute atomic E-state index is 0.0283. The number of aliphatic hydroxyl groups excluding tert-OH is 1. The highest BCUT2D eigenvalue weighted by atomic mass is 16.3. The van der Waals surface area contributed by atoms with Gasteiger partial charge in [-0.15, -0.1) is 0 Å². The summed E-state index contributed by atoms with van der Waals surface area (Å²) in [5, 5.41) is 34.4. The first-order chi connectivity index (χ1) is 33.2.